The van der Waals surface area contributed by atoms with Gasteiger partial charge in [0.15, 0.2) is 5.75 Å². The minimum absolute atomic E-state index is 0.547. The average molecular weight is 206 g/mol. The molecule has 0 saturated heterocycles. The zero-order valence-electron chi connectivity index (χ0n) is 6.67. The summed E-state index contributed by atoms with van der Waals surface area (Å²) in [5.74, 6) is -3.87. The van der Waals surface area contributed by atoms with E-state index in [0.29, 0.717) is 6.07 Å². The summed E-state index contributed by atoms with van der Waals surface area (Å²) in [6.07, 6.45) is -3.04. The van der Waals surface area contributed by atoms with Gasteiger partial charge in [-0.15, -0.1) is 0 Å². The summed E-state index contributed by atoms with van der Waals surface area (Å²) in [6, 6.07) is 0.547. The van der Waals surface area contributed by atoms with Gasteiger partial charge in [-0.05, 0) is 6.07 Å². The Morgan fingerprint density at radius 2 is 2.14 bits per heavy atom. The molecular formula is C7H5F3N2O2. The van der Waals surface area contributed by atoms with Crippen LogP contribution < -0.4 is 5.73 Å². The quantitative estimate of drug-likeness (QED) is 0.707. The topological polar surface area (TPSA) is 76.2 Å². The predicted molar refractivity (Wildman–Crippen MR) is 39.3 cm³/mol. The van der Waals surface area contributed by atoms with Crippen molar-refractivity contribution in [2.45, 2.75) is 6.43 Å². The van der Waals surface area contributed by atoms with Gasteiger partial charge >= 0.3 is 0 Å². The molecule has 1 heterocycles. The normalized spacial score (nSPS) is 10.6. The highest BCUT2D eigenvalue weighted by Crippen LogP contribution is 2.25. The Balaban J connectivity index is 3.35. The van der Waals surface area contributed by atoms with Crippen molar-refractivity contribution in [3.05, 3.63) is 23.3 Å². The minimum Gasteiger partial charge on any atom is -0.503 e. The van der Waals surface area contributed by atoms with Crippen molar-refractivity contribution < 1.29 is 23.1 Å². The van der Waals surface area contributed by atoms with Crippen molar-refractivity contribution in [1.82, 2.24) is 4.98 Å². The maximum Gasteiger partial charge on any atom is 0.280 e. The second kappa shape index (κ2) is 3.52. The lowest BCUT2D eigenvalue weighted by Gasteiger charge is -2.04. The first kappa shape index (κ1) is 10.3. The van der Waals surface area contributed by atoms with Crippen molar-refractivity contribution >= 4 is 5.91 Å². The molecule has 7 heteroatoms. The van der Waals surface area contributed by atoms with Gasteiger partial charge < -0.3 is 10.8 Å². The van der Waals surface area contributed by atoms with Gasteiger partial charge in [0.1, 0.15) is 5.69 Å². The fourth-order valence-corrected chi connectivity index (χ4v) is 0.826. The van der Waals surface area contributed by atoms with Gasteiger partial charge in [-0.2, -0.15) is 4.39 Å². The molecule has 0 aliphatic carbocycles. The molecule has 3 N–H and O–H groups in total. The van der Waals surface area contributed by atoms with E-state index in [2.05, 4.69) is 4.98 Å². The summed E-state index contributed by atoms with van der Waals surface area (Å²) in [5.41, 5.74) is 3.05. The van der Waals surface area contributed by atoms with Crippen LogP contribution in [0.2, 0.25) is 0 Å². The molecule has 1 rings (SSSR count). The summed E-state index contributed by atoms with van der Waals surface area (Å²) in [4.78, 5) is 13.3. The first-order chi connectivity index (χ1) is 6.43. The van der Waals surface area contributed by atoms with Gasteiger partial charge in [0.25, 0.3) is 18.3 Å². The highest BCUT2D eigenvalue weighted by atomic mass is 19.3. The van der Waals surface area contributed by atoms with E-state index in [1.807, 2.05) is 0 Å². The number of rotatable bonds is 2. The Kier molecular flexibility index (Phi) is 2.59. The van der Waals surface area contributed by atoms with Gasteiger partial charge in [-0.1, -0.05) is 0 Å². The lowest BCUT2D eigenvalue weighted by Crippen LogP contribution is -2.13. The van der Waals surface area contributed by atoms with Crippen LogP contribution >= 0.6 is 0 Å². The molecule has 1 aromatic heterocycles. The van der Waals surface area contributed by atoms with Crippen molar-refractivity contribution in [2.24, 2.45) is 5.73 Å². The number of hydrogen-bond donors (Lipinski definition) is 2. The van der Waals surface area contributed by atoms with Crippen LogP contribution in [0.4, 0.5) is 13.2 Å². The van der Waals surface area contributed by atoms with Gasteiger partial charge in [0, 0.05) is 0 Å². The molecule has 14 heavy (non-hydrogen) atoms. The zero-order valence-corrected chi connectivity index (χ0v) is 6.67. The number of primary amides is 1. The van der Waals surface area contributed by atoms with Crippen molar-refractivity contribution in [2.75, 3.05) is 0 Å². The number of carbonyl (C=O) groups excluding carboxylic acids is 1. The largest absolute Gasteiger partial charge is 0.503 e. The number of pyridine rings is 1. The molecule has 0 spiro atoms. The number of alkyl halides is 2. The molecule has 0 unspecified atom stereocenters. The summed E-state index contributed by atoms with van der Waals surface area (Å²) in [7, 11) is 0. The van der Waals surface area contributed by atoms with E-state index in [1.54, 1.807) is 0 Å². The van der Waals surface area contributed by atoms with E-state index < -0.39 is 35.3 Å². The van der Waals surface area contributed by atoms with Crippen LogP contribution in [-0.4, -0.2) is 16.0 Å². The Hall–Kier alpha value is -1.79. The van der Waals surface area contributed by atoms with Crippen molar-refractivity contribution in [3.63, 3.8) is 0 Å². The van der Waals surface area contributed by atoms with E-state index in [0.717, 1.165) is 0 Å². The van der Waals surface area contributed by atoms with Gasteiger partial charge in [-0.25, -0.2) is 13.8 Å². The molecule has 76 valence electrons. The number of hydrogen-bond acceptors (Lipinski definition) is 3. The average Bonchev–Trinajstić information content (AvgIpc) is 2.08. The molecular weight excluding hydrogens is 201 g/mol. The van der Waals surface area contributed by atoms with Crippen molar-refractivity contribution in [1.29, 1.82) is 0 Å². The molecule has 1 aromatic rings. The van der Waals surface area contributed by atoms with E-state index in [9.17, 15) is 18.0 Å². The number of amides is 1. The van der Waals surface area contributed by atoms with Gasteiger partial charge in [0.2, 0.25) is 0 Å². The lowest BCUT2D eigenvalue weighted by molar-refractivity contribution is 0.0995. The van der Waals surface area contributed by atoms with Gasteiger partial charge in [-0.3, -0.25) is 4.79 Å². The standard InChI is InChI=1S/C7H5F3N2O2/c8-5(9)3-1-2(7(11)14)4(13)6(10)12-3/h1,5,13H,(H2,11,14). The van der Waals surface area contributed by atoms with Crippen LogP contribution in [0.1, 0.15) is 22.5 Å². The molecule has 0 aliphatic rings. The van der Waals surface area contributed by atoms with Crippen LogP contribution in [-0.2, 0) is 0 Å². The number of nitrogens with two attached hydrogens (primary N) is 1. The Morgan fingerprint density at radius 1 is 1.57 bits per heavy atom. The molecule has 0 fully saturated rings. The summed E-state index contributed by atoms with van der Waals surface area (Å²) >= 11 is 0. The summed E-state index contributed by atoms with van der Waals surface area (Å²) in [5, 5.41) is 8.89. The Labute approximate surface area is 76.2 Å². The minimum atomic E-state index is -3.04. The third-order valence-electron chi connectivity index (χ3n) is 1.46. The molecule has 1 amide bonds. The lowest BCUT2D eigenvalue weighted by atomic mass is 10.2. The van der Waals surface area contributed by atoms with E-state index in [-0.39, 0.29) is 0 Å². The number of carbonyl (C=O) groups is 1. The third-order valence-corrected chi connectivity index (χ3v) is 1.46. The SMILES string of the molecule is NC(=O)c1cc(C(F)F)nc(F)c1O. The fourth-order valence-electron chi connectivity index (χ4n) is 0.826. The molecule has 0 atom stereocenters. The van der Waals surface area contributed by atoms with E-state index in [4.69, 9.17) is 10.8 Å². The maximum atomic E-state index is 12.7. The molecule has 0 saturated carbocycles. The Bertz CT molecular complexity index is 381. The second-order valence-corrected chi connectivity index (χ2v) is 2.40. The van der Waals surface area contributed by atoms with Crippen LogP contribution in [0.5, 0.6) is 5.75 Å². The van der Waals surface area contributed by atoms with Crippen LogP contribution in [0.25, 0.3) is 0 Å². The van der Waals surface area contributed by atoms with E-state index >= 15 is 0 Å². The van der Waals surface area contributed by atoms with Crippen LogP contribution in [0.3, 0.4) is 0 Å². The van der Waals surface area contributed by atoms with Crippen LogP contribution in [0.15, 0.2) is 6.07 Å². The number of halogens is 3. The highest BCUT2D eigenvalue weighted by Gasteiger charge is 2.19. The Morgan fingerprint density at radius 3 is 2.57 bits per heavy atom. The third kappa shape index (κ3) is 1.76. The van der Waals surface area contributed by atoms with E-state index in [1.165, 1.54) is 0 Å². The predicted octanol–water partition coefficient (Wildman–Crippen LogP) is 0.963. The molecule has 0 aromatic carbocycles. The second-order valence-electron chi connectivity index (χ2n) is 2.40. The maximum absolute atomic E-state index is 12.7. The van der Waals surface area contributed by atoms with Crippen LogP contribution in [0, 0.1) is 5.95 Å². The first-order valence-electron chi connectivity index (χ1n) is 3.41. The summed E-state index contributed by atoms with van der Waals surface area (Å²) in [6.45, 7) is 0. The number of nitrogens with zero attached hydrogens (tertiary/aromatic N) is 1. The molecule has 0 aliphatic heterocycles. The number of aromatic hydroxyl groups is 1. The fraction of sp³-hybridized carbons (Fsp3) is 0.143. The molecule has 4 nitrogen and oxygen atoms in total. The van der Waals surface area contributed by atoms with Crippen molar-refractivity contribution in [3.8, 4) is 5.75 Å². The highest BCUT2D eigenvalue weighted by molar-refractivity contribution is 5.95. The van der Waals surface area contributed by atoms with Gasteiger partial charge in [0.05, 0.1) is 5.56 Å². The number of aromatic nitrogens is 1. The summed E-state index contributed by atoms with van der Waals surface area (Å²) < 4.78 is 36.8. The smallest absolute Gasteiger partial charge is 0.280 e. The molecule has 0 radical (unpaired) electrons. The monoisotopic (exact) mass is 206 g/mol. The molecule has 0 bridgehead atoms. The first-order valence-corrected chi connectivity index (χ1v) is 3.41. The zero-order chi connectivity index (χ0) is 10.9.